The van der Waals surface area contributed by atoms with Crippen molar-refractivity contribution in [2.24, 2.45) is 0 Å². The first-order valence-corrected chi connectivity index (χ1v) is 4.97. The van der Waals surface area contributed by atoms with E-state index in [4.69, 9.17) is 5.11 Å². The van der Waals surface area contributed by atoms with Crippen LogP contribution >= 0.6 is 0 Å². The maximum Gasteiger partial charge on any atom is 0.108 e. The van der Waals surface area contributed by atoms with E-state index in [1.807, 2.05) is 20.9 Å². The Morgan fingerprint density at radius 2 is 1.86 bits per heavy atom. The molecule has 0 rings (SSSR count). The molecule has 0 amide bonds. The van der Waals surface area contributed by atoms with Crippen LogP contribution in [-0.4, -0.2) is 18.2 Å². The number of aliphatic hydroxyl groups is 1. The standard InChI is InChI=1S/C10H17NO.C2H6/c1-8(5-6-10(3)12)7-9(2)11-4;1-2/h5-6,9,11-12H,1,3,7H2,2,4H3;1-2H3/b6-5-;. The van der Waals surface area contributed by atoms with Gasteiger partial charge in [0, 0.05) is 6.04 Å². The van der Waals surface area contributed by atoms with Gasteiger partial charge in [-0.15, -0.1) is 0 Å². The van der Waals surface area contributed by atoms with Crippen molar-refractivity contribution >= 4 is 0 Å². The van der Waals surface area contributed by atoms with E-state index in [2.05, 4.69) is 25.4 Å². The van der Waals surface area contributed by atoms with Crippen LogP contribution in [0, 0.1) is 0 Å². The normalized spacial score (nSPS) is 11.7. The molecule has 1 atom stereocenters. The molecule has 2 N–H and O–H groups in total. The largest absolute Gasteiger partial charge is 0.509 e. The van der Waals surface area contributed by atoms with Gasteiger partial charge in [0.1, 0.15) is 5.76 Å². The van der Waals surface area contributed by atoms with Crippen LogP contribution in [0.25, 0.3) is 0 Å². The van der Waals surface area contributed by atoms with E-state index in [9.17, 15) is 0 Å². The van der Waals surface area contributed by atoms with Gasteiger partial charge < -0.3 is 10.4 Å². The van der Waals surface area contributed by atoms with Gasteiger partial charge in [-0.1, -0.05) is 38.7 Å². The van der Waals surface area contributed by atoms with Crippen LogP contribution in [0.1, 0.15) is 27.2 Å². The van der Waals surface area contributed by atoms with Crippen molar-refractivity contribution < 1.29 is 5.11 Å². The fourth-order valence-corrected chi connectivity index (χ4v) is 0.777. The van der Waals surface area contributed by atoms with Crippen molar-refractivity contribution in [3.63, 3.8) is 0 Å². The molecule has 0 saturated heterocycles. The third-order valence-electron chi connectivity index (χ3n) is 1.57. The average Bonchev–Trinajstić information content (AvgIpc) is 2.17. The molecule has 0 aliphatic carbocycles. The summed E-state index contributed by atoms with van der Waals surface area (Å²) in [6.07, 6.45) is 4.20. The molecule has 0 aliphatic heterocycles. The highest BCUT2D eigenvalue weighted by molar-refractivity contribution is 5.21. The molecule has 0 spiro atoms. The SMILES string of the molecule is C=C(O)/C=C\C(=C)CC(C)NC.CC. The van der Waals surface area contributed by atoms with Gasteiger partial charge in [0.2, 0.25) is 0 Å². The molecular formula is C12H23NO. The first-order valence-electron chi connectivity index (χ1n) is 4.97. The van der Waals surface area contributed by atoms with Gasteiger partial charge in [-0.25, -0.2) is 0 Å². The minimum atomic E-state index is 0.0632. The van der Waals surface area contributed by atoms with Gasteiger partial charge in [-0.2, -0.15) is 0 Å². The summed E-state index contributed by atoms with van der Waals surface area (Å²) in [5.41, 5.74) is 0.979. The van der Waals surface area contributed by atoms with Gasteiger partial charge in [0.15, 0.2) is 0 Å². The molecule has 0 bridgehead atoms. The second-order valence-corrected chi connectivity index (χ2v) is 2.88. The summed E-state index contributed by atoms with van der Waals surface area (Å²) >= 11 is 0. The first kappa shape index (κ1) is 15.5. The van der Waals surface area contributed by atoms with Crippen LogP contribution in [0.15, 0.2) is 36.6 Å². The summed E-state index contributed by atoms with van der Waals surface area (Å²) in [5, 5.41) is 11.9. The molecule has 0 saturated carbocycles. The smallest absolute Gasteiger partial charge is 0.108 e. The molecular weight excluding hydrogens is 174 g/mol. The molecule has 0 aliphatic rings. The lowest BCUT2D eigenvalue weighted by Crippen LogP contribution is -2.20. The molecule has 2 nitrogen and oxygen atoms in total. The van der Waals surface area contributed by atoms with E-state index in [0.29, 0.717) is 6.04 Å². The Hall–Kier alpha value is -1.02. The first-order chi connectivity index (χ1) is 6.56. The van der Waals surface area contributed by atoms with Crippen LogP contribution in [0.2, 0.25) is 0 Å². The summed E-state index contributed by atoms with van der Waals surface area (Å²) in [7, 11) is 1.91. The molecule has 0 radical (unpaired) electrons. The molecule has 0 aromatic carbocycles. The topological polar surface area (TPSA) is 32.3 Å². The van der Waals surface area contributed by atoms with Crippen LogP contribution in [-0.2, 0) is 0 Å². The van der Waals surface area contributed by atoms with Gasteiger partial charge in [-0.3, -0.25) is 0 Å². The van der Waals surface area contributed by atoms with Crippen molar-refractivity contribution in [1.82, 2.24) is 5.32 Å². The molecule has 82 valence electrons. The molecule has 0 fully saturated rings. The molecule has 14 heavy (non-hydrogen) atoms. The minimum Gasteiger partial charge on any atom is -0.509 e. The Morgan fingerprint density at radius 1 is 1.36 bits per heavy atom. The summed E-state index contributed by atoms with van der Waals surface area (Å²) in [4.78, 5) is 0. The fraction of sp³-hybridized carbons (Fsp3) is 0.500. The van der Waals surface area contributed by atoms with Crippen molar-refractivity contribution in [2.75, 3.05) is 7.05 Å². The highest BCUT2D eigenvalue weighted by Gasteiger charge is 1.97. The van der Waals surface area contributed by atoms with Crippen molar-refractivity contribution in [3.8, 4) is 0 Å². The van der Waals surface area contributed by atoms with Gasteiger partial charge in [0.05, 0.1) is 0 Å². The zero-order valence-electron chi connectivity index (χ0n) is 9.80. The number of rotatable bonds is 5. The van der Waals surface area contributed by atoms with Crippen molar-refractivity contribution in [3.05, 3.63) is 36.6 Å². The lowest BCUT2D eigenvalue weighted by molar-refractivity contribution is 0.435. The predicted octanol–water partition coefficient (Wildman–Crippen LogP) is 3.19. The molecule has 2 heteroatoms. The fourth-order valence-electron chi connectivity index (χ4n) is 0.777. The molecule has 1 unspecified atom stereocenters. The van der Waals surface area contributed by atoms with Gasteiger partial charge >= 0.3 is 0 Å². The summed E-state index contributed by atoms with van der Waals surface area (Å²) in [6.45, 7) is 13.3. The van der Waals surface area contributed by atoms with E-state index in [-0.39, 0.29) is 5.76 Å². The third kappa shape index (κ3) is 11.0. The second kappa shape index (κ2) is 10.1. The van der Waals surface area contributed by atoms with E-state index in [1.165, 1.54) is 0 Å². The number of hydrogen-bond donors (Lipinski definition) is 2. The number of aliphatic hydroxyl groups excluding tert-OH is 1. The van der Waals surface area contributed by atoms with E-state index >= 15 is 0 Å². The van der Waals surface area contributed by atoms with Crippen molar-refractivity contribution in [2.45, 2.75) is 33.2 Å². The van der Waals surface area contributed by atoms with Crippen LogP contribution in [0.4, 0.5) is 0 Å². The Kier molecular flexibility index (Phi) is 11.1. The molecule has 0 aromatic rings. The van der Waals surface area contributed by atoms with Crippen molar-refractivity contribution in [1.29, 1.82) is 0 Å². The highest BCUT2D eigenvalue weighted by Crippen LogP contribution is 2.04. The zero-order valence-corrected chi connectivity index (χ0v) is 9.80. The predicted molar refractivity (Wildman–Crippen MR) is 64.5 cm³/mol. The number of allylic oxidation sites excluding steroid dienone is 2. The maximum atomic E-state index is 8.75. The lowest BCUT2D eigenvalue weighted by Gasteiger charge is -2.08. The Bertz CT molecular complexity index is 194. The zero-order chi connectivity index (χ0) is 11.6. The van der Waals surface area contributed by atoms with Gasteiger partial charge in [0.25, 0.3) is 0 Å². The highest BCUT2D eigenvalue weighted by atomic mass is 16.3. The third-order valence-corrected chi connectivity index (χ3v) is 1.57. The average molecular weight is 197 g/mol. The van der Waals surface area contributed by atoms with Crippen LogP contribution < -0.4 is 5.32 Å². The van der Waals surface area contributed by atoms with Crippen LogP contribution in [0.5, 0.6) is 0 Å². The summed E-state index contributed by atoms with van der Waals surface area (Å²) in [6, 6.07) is 0.411. The Morgan fingerprint density at radius 3 is 2.21 bits per heavy atom. The molecule has 0 aromatic heterocycles. The lowest BCUT2D eigenvalue weighted by atomic mass is 10.1. The Labute approximate surface area is 88.0 Å². The van der Waals surface area contributed by atoms with Gasteiger partial charge in [-0.05, 0) is 26.5 Å². The quantitative estimate of drug-likeness (QED) is 0.524. The maximum absolute atomic E-state index is 8.75. The van der Waals surface area contributed by atoms with E-state index in [0.717, 1.165) is 12.0 Å². The summed E-state index contributed by atoms with van der Waals surface area (Å²) < 4.78 is 0. The minimum absolute atomic E-state index is 0.0632. The van der Waals surface area contributed by atoms with Crippen LogP contribution in [0.3, 0.4) is 0 Å². The summed E-state index contributed by atoms with van der Waals surface area (Å²) in [5.74, 6) is 0.0632. The monoisotopic (exact) mass is 197 g/mol. The van der Waals surface area contributed by atoms with E-state index < -0.39 is 0 Å². The molecule has 0 heterocycles. The number of hydrogen-bond acceptors (Lipinski definition) is 2. The number of nitrogens with one attached hydrogen (secondary N) is 1. The second-order valence-electron chi connectivity index (χ2n) is 2.88. The van der Waals surface area contributed by atoms with E-state index in [1.54, 1.807) is 12.2 Å². The Balaban J connectivity index is 0.